The third-order valence-electron chi connectivity index (χ3n) is 2.88. The molecule has 0 saturated carbocycles. The van der Waals surface area contributed by atoms with E-state index < -0.39 is 24.8 Å². The summed E-state index contributed by atoms with van der Waals surface area (Å²) < 4.78 is 77.1. The number of rotatable bonds is 6. The maximum atomic E-state index is 12.4. The van der Waals surface area contributed by atoms with Gasteiger partial charge in [0.25, 0.3) is 0 Å². The zero-order valence-corrected chi connectivity index (χ0v) is 12.7. The quantitative estimate of drug-likeness (QED) is 0.350. The molecule has 0 unspecified atom stereocenters. The molecule has 0 amide bonds. The second-order valence-electron chi connectivity index (χ2n) is 4.83. The second kappa shape index (κ2) is 7.61. The zero-order chi connectivity index (χ0) is 18.5. The number of halogens is 6. The predicted octanol–water partition coefficient (Wildman–Crippen LogP) is 4.63. The van der Waals surface area contributed by atoms with Gasteiger partial charge in [-0.2, -0.15) is 13.2 Å². The minimum atomic E-state index is -4.80. The van der Waals surface area contributed by atoms with Crippen molar-refractivity contribution in [3.05, 3.63) is 48.2 Å². The second-order valence-corrected chi connectivity index (χ2v) is 4.83. The molecule has 0 saturated heterocycles. The van der Waals surface area contributed by atoms with Crippen molar-refractivity contribution in [2.75, 3.05) is 6.54 Å². The Kier molecular flexibility index (Phi) is 6.30. The first kappa shape index (κ1) is 19.9. The molecule has 0 fully saturated rings. The third kappa shape index (κ3) is 6.95. The van der Waals surface area contributed by atoms with Gasteiger partial charge in [0.2, 0.25) is 0 Å². The highest BCUT2D eigenvalue weighted by Gasteiger charge is 2.31. The van der Waals surface area contributed by atoms with Gasteiger partial charge >= 0.3 is 12.5 Å². The number of hydrogen-bond acceptors (Lipinski definition) is 3. The molecule has 0 heterocycles. The van der Waals surface area contributed by atoms with Crippen LogP contribution in [0.2, 0.25) is 0 Å². The van der Waals surface area contributed by atoms with E-state index in [1.54, 1.807) is 6.92 Å². The van der Waals surface area contributed by atoms with Gasteiger partial charge in [0, 0.05) is 5.70 Å². The fraction of sp³-hybridized carbons (Fsp3) is 0.333. The van der Waals surface area contributed by atoms with Crippen LogP contribution < -0.4 is 10.6 Å². The van der Waals surface area contributed by atoms with Crippen LogP contribution in [-0.4, -0.2) is 24.1 Å². The van der Waals surface area contributed by atoms with Crippen LogP contribution in [0.15, 0.2) is 42.6 Å². The number of allylic oxidation sites excluding steroid dienone is 3. The molecule has 0 radical (unpaired) electrons. The molecule has 0 aliphatic rings. The summed E-state index contributed by atoms with van der Waals surface area (Å²) in [7, 11) is 0. The summed E-state index contributed by atoms with van der Waals surface area (Å²) in [5.74, 6) is 4.99. The molecular weight excluding hydrogens is 338 g/mol. The van der Waals surface area contributed by atoms with E-state index in [2.05, 4.69) is 11.3 Å². The molecule has 0 aromatic heterocycles. The Balaban J connectivity index is 2.88. The topological polar surface area (TPSA) is 38.5 Å². The Morgan fingerprint density at radius 3 is 2.12 bits per heavy atom. The molecule has 0 spiro atoms. The summed E-state index contributed by atoms with van der Waals surface area (Å²) >= 11 is 0. The van der Waals surface area contributed by atoms with Crippen molar-refractivity contribution in [3.63, 3.8) is 0 Å². The first-order valence-corrected chi connectivity index (χ1v) is 6.76. The van der Waals surface area contributed by atoms with E-state index in [0.717, 1.165) is 12.1 Å². The maximum absolute atomic E-state index is 12.4. The van der Waals surface area contributed by atoms with Gasteiger partial charge in [-0.3, -0.25) is 0 Å². The van der Waals surface area contributed by atoms with Crippen LogP contribution in [0.5, 0.6) is 5.75 Å². The normalized spacial score (nSPS) is 12.9. The third-order valence-corrected chi connectivity index (χ3v) is 2.88. The van der Waals surface area contributed by atoms with Crippen molar-refractivity contribution in [2.24, 2.45) is 5.84 Å². The zero-order valence-electron chi connectivity index (χ0n) is 12.7. The molecule has 3 nitrogen and oxygen atoms in total. The van der Waals surface area contributed by atoms with Gasteiger partial charge < -0.3 is 9.75 Å². The largest absolute Gasteiger partial charge is 0.573 e. The molecule has 1 rings (SSSR count). The monoisotopic (exact) mass is 354 g/mol. The van der Waals surface area contributed by atoms with E-state index in [9.17, 15) is 26.3 Å². The predicted molar refractivity (Wildman–Crippen MR) is 77.5 cm³/mol. The van der Waals surface area contributed by atoms with Crippen molar-refractivity contribution in [1.29, 1.82) is 0 Å². The van der Waals surface area contributed by atoms with Crippen LogP contribution in [0, 0.1) is 0 Å². The number of hydrazine groups is 1. The summed E-state index contributed by atoms with van der Waals surface area (Å²) in [4.78, 5) is 0. The van der Waals surface area contributed by atoms with Crippen LogP contribution in [0.3, 0.4) is 0 Å². The number of hydrogen-bond donors (Lipinski definition) is 1. The molecule has 0 aliphatic heterocycles. The van der Waals surface area contributed by atoms with Crippen molar-refractivity contribution in [3.8, 4) is 5.75 Å². The number of alkyl halides is 6. The Hall–Kier alpha value is -2.16. The average molecular weight is 354 g/mol. The highest BCUT2D eigenvalue weighted by Crippen LogP contribution is 2.26. The van der Waals surface area contributed by atoms with E-state index in [1.165, 1.54) is 18.2 Å². The molecular formula is C15H16F6N2O. The average Bonchev–Trinajstić information content (AvgIpc) is 2.41. The highest BCUT2D eigenvalue weighted by molar-refractivity contribution is 5.72. The first-order chi connectivity index (χ1) is 10.9. The van der Waals surface area contributed by atoms with Crippen LogP contribution >= 0.6 is 0 Å². The summed E-state index contributed by atoms with van der Waals surface area (Å²) in [5.41, 5.74) is 0.923. The van der Waals surface area contributed by atoms with E-state index in [1.807, 2.05) is 0 Å². The van der Waals surface area contributed by atoms with Gasteiger partial charge in [-0.15, -0.1) is 13.2 Å². The summed E-state index contributed by atoms with van der Waals surface area (Å²) in [5, 5.41) is 0.562. The Morgan fingerprint density at radius 1 is 1.17 bits per heavy atom. The van der Waals surface area contributed by atoms with Crippen molar-refractivity contribution in [2.45, 2.75) is 25.9 Å². The van der Waals surface area contributed by atoms with Gasteiger partial charge in [-0.1, -0.05) is 25.6 Å². The number of ether oxygens (including phenoxy) is 1. The number of nitrogens with zero attached hydrogens (tertiary/aromatic N) is 1. The van der Waals surface area contributed by atoms with Crippen molar-refractivity contribution >= 4 is 5.57 Å². The van der Waals surface area contributed by atoms with E-state index >= 15 is 0 Å². The fourth-order valence-electron chi connectivity index (χ4n) is 1.84. The summed E-state index contributed by atoms with van der Waals surface area (Å²) in [6.07, 6.45) is -7.68. The fourth-order valence-corrected chi connectivity index (χ4v) is 1.84. The molecule has 1 aromatic rings. The molecule has 24 heavy (non-hydrogen) atoms. The van der Waals surface area contributed by atoms with Gasteiger partial charge in [0.1, 0.15) is 12.3 Å². The SMILES string of the molecule is C=C(/C=C(\CC)N(N)CC(F)(F)F)c1ccc(OC(F)(F)F)cc1. The van der Waals surface area contributed by atoms with Gasteiger partial charge in [-0.25, -0.2) is 5.84 Å². The van der Waals surface area contributed by atoms with Crippen LogP contribution in [0.1, 0.15) is 18.9 Å². The molecule has 2 N–H and O–H groups in total. The lowest BCUT2D eigenvalue weighted by Gasteiger charge is -2.23. The van der Waals surface area contributed by atoms with Gasteiger partial charge in [-0.05, 0) is 35.8 Å². The first-order valence-electron chi connectivity index (χ1n) is 6.76. The number of benzene rings is 1. The minimum absolute atomic E-state index is 0.188. The van der Waals surface area contributed by atoms with Crippen molar-refractivity contribution in [1.82, 2.24) is 5.01 Å². The molecule has 0 aliphatic carbocycles. The Labute approximate surface area is 135 Å². The maximum Gasteiger partial charge on any atom is 0.573 e. The lowest BCUT2D eigenvalue weighted by molar-refractivity contribution is -0.274. The summed E-state index contributed by atoms with van der Waals surface area (Å²) in [6.45, 7) is 3.99. The summed E-state index contributed by atoms with van der Waals surface area (Å²) in [6, 6.07) is 4.81. The van der Waals surface area contributed by atoms with Gasteiger partial charge in [0.05, 0.1) is 0 Å². The van der Waals surface area contributed by atoms with Crippen LogP contribution in [-0.2, 0) is 0 Å². The van der Waals surface area contributed by atoms with E-state index in [0.29, 0.717) is 16.1 Å². The smallest absolute Gasteiger partial charge is 0.406 e. The van der Waals surface area contributed by atoms with Gasteiger partial charge in [0.15, 0.2) is 0 Å². The van der Waals surface area contributed by atoms with Crippen LogP contribution in [0.25, 0.3) is 5.57 Å². The Morgan fingerprint density at radius 2 is 1.71 bits per heavy atom. The minimum Gasteiger partial charge on any atom is -0.406 e. The molecule has 1 aromatic carbocycles. The number of nitrogens with two attached hydrogens (primary N) is 1. The van der Waals surface area contributed by atoms with E-state index in [-0.39, 0.29) is 12.1 Å². The Bertz CT molecular complexity index is 589. The molecule has 0 atom stereocenters. The van der Waals surface area contributed by atoms with E-state index in [4.69, 9.17) is 5.84 Å². The molecule has 9 heteroatoms. The lowest BCUT2D eigenvalue weighted by Crippen LogP contribution is -2.38. The highest BCUT2D eigenvalue weighted by atomic mass is 19.4. The van der Waals surface area contributed by atoms with Crippen LogP contribution in [0.4, 0.5) is 26.3 Å². The standard InChI is InChI=1S/C15H16F6N2O/c1-3-12(23(22)9-14(16,17)18)8-10(2)11-4-6-13(7-5-11)24-15(19,20)21/h4-8H,2-3,9,22H2,1H3/b12-8+. The van der Waals surface area contributed by atoms with Crippen molar-refractivity contribution < 1.29 is 31.1 Å². The molecule has 0 bridgehead atoms. The lowest BCUT2D eigenvalue weighted by atomic mass is 10.1. The molecule has 134 valence electrons.